The Morgan fingerprint density at radius 3 is 2.53 bits per heavy atom. The van der Waals surface area contributed by atoms with Gasteiger partial charge in [-0.2, -0.15) is 0 Å². The van der Waals surface area contributed by atoms with E-state index < -0.39 is 4.92 Å². The van der Waals surface area contributed by atoms with Gasteiger partial charge in [-0.25, -0.2) is 4.98 Å². The predicted molar refractivity (Wildman–Crippen MR) is 73.0 cm³/mol. The molecule has 6 nitrogen and oxygen atoms in total. The second-order valence-corrected chi connectivity index (χ2v) is 4.58. The first-order chi connectivity index (χ1) is 9.04. The molecule has 1 aromatic carbocycles. The molecule has 2 rings (SSSR count). The molecule has 0 atom stereocenters. The summed E-state index contributed by atoms with van der Waals surface area (Å²) in [5.74, 6) is 0.695. The van der Waals surface area contributed by atoms with Crippen molar-refractivity contribution in [3.63, 3.8) is 0 Å². The van der Waals surface area contributed by atoms with Crippen molar-refractivity contribution in [1.29, 1.82) is 0 Å². The Kier molecular flexibility index (Phi) is 4.04. The summed E-state index contributed by atoms with van der Waals surface area (Å²) in [5, 5.41) is 11.1. The van der Waals surface area contributed by atoms with Gasteiger partial charge < -0.3 is 10.3 Å². The summed E-state index contributed by atoms with van der Waals surface area (Å²) in [6.45, 7) is 0.430. The van der Waals surface area contributed by atoms with Crippen LogP contribution in [0.3, 0.4) is 0 Å². The van der Waals surface area contributed by atoms with Crippen molar-refractivity contribution in [1.82, 2.24) is 9.55 Å². The maximum Gasteiger partial charge on any atom is 0.272 e. The molecule has 19 heavy (non-hydrogen) atoms. The van der Waals surface area contributed by atoms with Gasteiger partial charge in [-0.05, 0) is 6.54 Å². The number of benzene rings is 1. The lowest BCUT2D eigenvalue weighted by molar-refractivity contribution is -0.384. The highest BCUT2D eigenvalue weighted by Gasteiger charge is 2.17. The van der Waals surface area contributed by atoms with Crippen molar-refractivity contribution >= 4 is 28.9 Å². The summed E-state index contributed by atoms with van der Waals surface area (Å²) in [6, 6.07) is 2.52. The van der Waals surface area contributed by atoms with Crippen LogP contribution >= 0.6 is 23.2 Å². The number of nitrogens with two attached hydrogens (primary N) is 1. The largest absolute Gasteiger partial charge is 0.330 e. The van der Waals surface area contributed by atoms with E-state index in [1.165, 1.54) is 12.1 Å². The molecule has 0 bridgehead atoms. The standard InChI is InChI=1S/C11H10Cl2N4O2/c12-8-5-7(17(18)19)6-9(13)11(8)16-4-3-15-10(16)1-2-14/h3-6H,1-2,14H2. The number of hydrogen-bond acceptors (Lipinski definition) is 4. The lowest BCUT2D eigenvalue weighted by atomic mass is 10.2. The zero-order valence-corrected chi connectivity index (χ0v) is 11.2. The molecule has 0 aliphatic heterocycles. The van der Waals surface area contributed by atoms with Crippen molar-refractivity contribution < 1.29 is 4.92 Å². The van der Waals surface area contributed by atoms with Crippen LogP contribution in [0.15, 0.2) is 24.5 Å². The summed E-state index contributed by atoms with van der Waals surface area (Å²) >= 11 is 12.1. The quantitative estimate of drug-likeness (QED) is 0.694. The number of rotatable bonds is 4. The Bertz CT molecular complexity index is 604. The van der Waals surface area contributed by atoms with Gasteiger partial charge in [-0.1, -0.05) is 23.2 Å². The SMILES string of the molecule is NCCc1nccn1-c1c(Cl)cc([N+](=O)[O-])cc1Cl. The highest BCUT2D eigenvalue weighted by atomic mass is 35.5. The predicted octanol–water partition coefficient (Wildman–Crippen LogP) is 2.59. The van der Waals surface area contributed by atoms with Crippen molar-refractivity contribution in [2.45, 2.75) is 6.42 Å². The van der Waals surface area contributed by atoms with Crippen LogP contribution in [0.4, 0.5) is 5.69 Å². The fourth-order valence-corrected chi connectivity index (χ4v) is 2.40. The monoisotopic (exact) mass is 300 g/mol. The summed E-state index contributed by atoms with van der Waals surface area (Å²) < 4.78 is 1.68. The first kappa shape index (κ1) is 13.8. The Morgan fingerprint density at radius 2 is 2.00 bits per heavy atom. The Labute approximate surface area is 118 Å². The van der Waals surface area contributed by atoms with Gasteiger partial charge in [0.15, 0.2) is 0 Å². The van der Waals surface area contributed by atoms with Gasteiger partial charge in [-0.15, -0.1) is 0 Å². The molecule has 0 spiro atoms. The van der Waals surface area contributed by atoms with Crippen LogP contribution in [0.5, 0.6) is 0 Å². The molecule has 100 valence electrons. The smallest absolute Gasteiger partial charge is 0.272 e. The van der Waals surface area contributed by atoms with Crippen molar-refractivity contribution in [3.8, 4) is 5.69 Å². The van der Waals surface area contributed by atoms with E-state index in [0.717, 1.165) is 0 Å². The minimum Gasteiger partial charge on any atom is -0.330 e. The number of nitro benzene ring substituents is 1. The highest BCUT2D eigenvalue weighted by molar-refractivity contribution is 6.38. The number of imidazole rings is 1. The molecular formula is C11H10Cl2N4O2. The van der Waals surface area contributed by atoms with Crippen molar-refractivity contribution in [2.24, 2.45) is 5.73 Å². The maximum absolute atomic E-state index is 10.7. The van der Waals surface area contributed by atoms with Crippen LogP contribution in [0.1, 0.15) is 5.82 Å². The molecular weight excluding hydrogens is 291 g/mol. The van der Waals surface area contributed by atoms with Crippen LogP contribution < -0.4 is 5.73 Å². The minimum atomic E-state index is -0.545. The van der Waals surface area contributed by atoms with E-state index in [-0.39, 0.29) is 15.7 Å². The van der Waals surface area contributed by atoms with Gasteiger partial charge in [0.1, 0.15) is 5.82 Å². The first-order valence-corrected chi connectivity index (χ1v) is 6.16. The lowest BCUT2D eigenvalue weighted by Gasteiger charge is -2.11. The number of aromatic nitrogens is 2. The molecule has 1 heterocycles. The molecule has 0 unspecified atom stereocenters. The fourth-order valence-electron chi connectivity index (χ4n) is 1.74. The average molecular weight is 301 g/mol. The van der Waals surface area contributed by atoms with Crippen LogP contribution in [0, 0.1) is 10.1 Å². The summed E-state index contributed by atoms with van der Waals surface area (Å²) in [4.78, 5) is 14.3. The maximum atomic E-state index is 10.7. The van der Waals surface area contributed by atoms with Crippen LogP contribution in [0.2, 0.25) is 10.0 Å². The minimum absolute atomic E-state index is 0.153. The van der Waals surface area contributed by atoms with E-state index in [1.54, 1.807) is 17.0 Å². The van der Waals surface area contributed by atoms with E-state index in [9.17, 15) is 10.1 Å². The molecule has 0 radical (unpaired) electrons. The Balaban J connectivity index is 2.56. The summed E-state index contributed by atoms with van der Waals surface area (Å²) in [5.41, 5.74) is 5.81. The molecule has 1 aromatic heterocycles. The topological polar surface area (TPSA) is 87.0 Å². The molecule has 8 heteroatoms. The van der Waals surface area contributed by atoms with Crippen molar-refractivity contribution in [3.05, 3.63) is 50.5 Å². The number of hydrogen-bond donors (Lipinski definition) is 1. The van der Waals surface area contributed by atoms with Crippen molar-refractivity contribution in [2.75, 3.05) is 6.54 Å². The van der Waals surface area contributed by atoms with Gasteiger partial charge in [-0.3, -0.25) is 10.1 Å². The van der Waals surface area contributed by atoms with E-state index >= 15 is 0 Å². The highest BCUT2D eigenvalue weighted by Crippen LogP contribution is 2.33. The first-order valence-electron chi connectivity index (χ1n) is 5.40. The van der Waals surface area contributed by atoms with Crippen LogP contribution in [0.25, 0.3) is 5.69 Å². The van der Waals surface area contributed by atoms with E-state index in [1.807, 2.05) is 0 Å². The van der Waals surface area contributed by atoms with E-state index in [4.69, 9.17) is 28.9 Å². The second-order valence-electron chi connectivity index (χ2n) is 3.77. The molecule has 0 saturated carbocycles. The summed E-state index contributed by atoms with van der Waals surface area (Å²) in [7, 11) is 0. The van der Waals surface area contributed by atoms with Gasteiger partial charge in [0, 0.05) is 30.9 Å². The van der Waals surface area contributed by atoms with Gasteiger partial charge in [0.05, 0.1) is 20.7 Å². The second kappa shape index (κ2) is 5.56. The lowest BCUT2D eigenvalue weighted by Crippen LogP contribution is -2.09. The van der Waals surface area contributed by atoms with Crippen LogP contribution in [-0.4, -0.2) is 21.0 Å². The molecule has 0 aliphatic carbocycles. The summed E-state index contributed by atoms with van der Waals surface area (Å²) in [6.07, 6.45) is 3.83. The Morgan fingerprint density at radius 1 is 1.37 bits per heavy atom. The Hall–Kier alpha value is -1.63. The van der Waals surface area contributed by atoms with E-state index in [2.05, 4.69) is 4.98 Å². The van der Waals surface area contributed by atoms with Gasteiger partial charge in [0.25, 0.3) is 5.69 Å². The van der Waals surface area contributed by atoms with Gasteiger partial charge in [0.2, 0.25) is 0 Å². The molecule has 0 aliphatic rings. The van der Waals surface area contributed by atoms with Crippen LogP contribution in [-0.2, 0) is 6.42 Å². The zero-order chi connectivity index (χ0) is 14.0. The molecule has 0 saturated heterocycles. The third kappa shape index (κ3) is 2.70. The number of nitrogens with zero attached hydrogens (tertiary/aromatic N) is 3. The third-order valence-electron chi connectivity index (χ3n) is 2.54. The van der Waals surface area contributed by atoms with E-state index in [0.29, 0.717) is 24.5 Å². The average Bonchev–Trinajstić information content (AvgIpc) is 2.77. The fraction of sp³-hybridized carbons (Fsp3) is 0.182. The molecule has 2 aromatic rings. The number of non-ortho nitro benzene ring substituents is 1. The van der Waals surface area contributed by atoms with Gasteiger partial charge >= 0.3 is 0 Å². The normalized spacial score (nSPS) is 10.7. The zero-order valence-electron chi connectivity index (χ0n) is 9.72. The molecule has 2 N–H and O–H groups in total. The molecule has 0 amide bonds. The number of nitro groups is 1. The molecule has 0 fully saturated rings. The third-order valence-corrected chi connectivity index (χ3v) is 3.11. The number of halogens is 2.